The smallest absolute Gasteiger partial charge is 0.320 e. The molecule has 2 N–H and O–H groups in total. The van der Waals surface area contributed by atoms with Crippen LogP contribution in [0.15, 0.2) is 0 Å². The first kappa shape index (κ1) is 11.4. The van der Waals surface area contributed by atoms with Crippen LogP contribution in [0.5, 0.6) is 0 Å². The molecule has 0 saturated carbocycles. The summed E-state index contributed by atoms with van der Waals surface area (Å²) in [6.45, 7) is 3.12. The molecule has 14 heavy (non-hydrogen) atoms. The number of carbonyl (C=O) groups is 1. The van der Waals surface area contributed by atoms with E-state index in [9.17, 15) is 13.2 Å². The summed E-state index contributed by atoms with van der Waals surface area (Å²) >= 11 is 0. The van der Waals surface area contributed by atoms with Crippen molar-refractivity contribution in [1.82, 2.24) is 9.62 Å². The summed E-state index contributed by atoms with van der Waals surface area (Å²) in [6, 6.07) is 0.0762. The third-order valence-electron chi connectivity index (χ3n) is 2.03. The number of aliphatic carboxylic acids is 1. The minimum atomic E-state index is -3.62. The maximum atomic E-state index is 11.5. The number of carboxylic acid groups (broad SMARTS) is 1. The highest BCUT2D eigenvalue weighted by Crippen LogP contribution is 2.06. The van der Waals surface area contributed by atoms with Crippen LogP contribution < -0.4 is 5.32 Å². The minimum absolute atomic E-state index is 0.0762. The number of hydrogen-bond acceptors (Lipinski definition) is 4. The second-order valence-electron chi connectivity index (χ2n) is 3.36. The molecule has 0 aromatic heterocycles. The lowest BCUT2D eigenvalue weighted by molar-refractivity contribution is -0.134. The van der Waals surface area contributed by atoms with E-state index in [4.69, 9.17) is 5.11 Å². The number of nitrogens with zero attached hydrogens (tertiary/aromatic N) is 1. The number of piperazine rings is 1. The fourth-order valence-corrected chi connectivity index (χ4v) is 2.71. The molecule has 0 amide bonds. The van der Waals surface area contributed by atoms with Gasteiger partial charge in [-0.15, -0.1) is 0 Å². The highest BCUT2D eigenvalue weighted by atomic mass is 32.2. The van der Waals surface area contributed by atoms with Gasteiger partial charge in [-0.3, -0.25) is 4.79 Å². The van der Waals surface area contributed by atoms with E-state index < -0.39 is 21.7 Å². The quantitative estimate of drug-likeness (QED) is 0.619. The zero-order valence-electron chi connectivity index (χ0n) is 7.93. The molecule has 6 nitrogen and oxygen atoms in total. The summed E-state index contributed by atoms with van der Waals surface area (Å²) in [6.07, 6.45) is 0. The maximum Gasteiger partial charge on any atom is 0.320 e. The summed E-state index contributed by atoms with van der Waals surface area (Å²) in [7, 11) is -3.62. The van der Waals surface area contributed by atoms with Gasteiger partial charge in [0.1, 0.15) is 0 Å². The third-order valence-corrected chi connectivity index (χ3v) is 3.76. The number of nitrogens with one attached hydrogen (secondary N) is 1. The molecule has 0 spiro atoms. The zero-order valence-corrected chi connectivity index (χ0v) is 8.75. The summed E-state index contributed by atoms with van der Waals surface area (Å²) in [5.74, 6) is -2.13. The van der Waals surface area contributed by atoms with E-state index in [-0.39, 0.29) is 6.04 Å². The number of carboxylic acids is 1. The lowest BCUT2D eigenvalue weighted by atomic mass is 10.3. The molecule has 1 fully saturated rings. The fourth-order valence-electron chi connectivity index (χ4n) is 1.40. The van der Waals surface area contributed by atoms with Crippen molar-refractivity contribution in [2.45, 2.75) is 13.0 Å². The van der Waals surface area contributed by atoms with E-state index in [1.54, 1.807) is 0 Å². The Kier molecular flexibility index (Phi) is 3.46. The molecule has 1 rings (SSSR count). The molecule has 0 radical (unpaired) electrons. The van der Waals surface area contributed by atoms with Crippen LogP contribution in [0.2, 0.25) is 0 Å². The van der Waals surface area contributed by atoms with Crippen LogP contribution in [0, 0.1) is 0 Å². The Hall–Kier alpha value is -0.660. The Balaban J connectivity index is 2.67. The van der Waals surface area contributed by atoms with Gasteiger partial charge >= 0.3 is 5.97 Å². The van der Waals surface area contributed by atoms with Crippen LogP contribution in [0.25, 0.3) is 0 Å². The monoisotopic (exact) mass is 222 g/mol. The van der Waals surface area contributed by atoms with Crippen molar-refractivity contribution in [3.8, 4) is 0 Å². The van der Waals surface area contributed by atoms with Crippen molar-refractivity contribution < 1.29 is 18.3 Å². The lowest BCUT2D eigenvalue weighted by Crippen LogP contribution is -2.52. The molecule has 1 aliphatic heterocycles. The van der Waals surface area contributed by atoms with Crippen molar-refractivity contribution >= 4 is 16.0 Å². The van der Waals surface area contributed by atoms with E-state index in [0.717, 1.165) is 0 Å². The average molecular weight is 222 g/mol. The topological polar surface area (TPSA) is 86.7 Å². The van der Waals surface area contributed by atoms with Crippen molar-refractivity contribution in [2.24, 2.45) is 0 Å². The van der Waals surface area contributed by atoms with Crippen molar-refractivity contribution in [3.05, 3.63) is 0 Å². The number of hydrogen-bond donors (Lipinski definition) is 2. The predicted molar refractivity (Wildman–Crippen MR) is 50.5 cm³/mol. The Bertz CT molecular complexity index is 314. The van der Waals surface area contributed by atoms with Crippen molar-refractivity contribution in [2.75, 3.05) is 25.4 Å². The maximum absolute atomic E-state index is 11.5. The van der Waals surface area contributed by atoms with Gasteiger partial charge in [0, 0.05) is 25.7 Å². The van der Waals surface area contributed by atoms with E-state index in [2.05, 4.69) is 5.32 Å². The normalized spacial score (nSPS) is 24.8. The van der Waals surface area contributed by atoms with Gasteiger partial charge in [0.05, 0.1) is 0 Å². The largest absolute Gasteiger partial charge is 0.480 e. The molecule has 0 unspecified atom stereocenters. The minimum Gasteiger partial charge on any atom is -0.480 e. The summed E-state index contributed by atoms with van der Waals surface area (Å²) in [4.78, 5) is 10.3. The van der Waals surface area contributed by atoms with E-state index in [0.29, 0.717) is 19.6 Å². The van der Waals surface area contributed by atoms with Gasteiger partial charge in [0.15, 0.2) is 5.75 Å². The number of rotatable bonds is 3. The molecule has 1 atom stereocenters. The fraction of sp³-hybridized carbons (Fsp3) is 0.857. The van der Waals surface area contributed by atoms with Gasteiger partial charge < -0.3 is 10.4 Å². The van der Waals surface area contributed by atoms with Gasteiger partial charge in [-0.1, -0.05) is 0 Å². The van der Waals surface area contributed by atoms with Crippen LogP contribution >= 0.6 is 0 Å². The van der Waals surface area contributed by atoms with Crippen molar-refractivity contribution in [1.29, 1.82) is 0 Å². The molecule has 0 aromatic carbocycles. The Morgan fingerprint density at radius 3 is 2.79 bits per heavy atom. The summed E-state index contributed by atoms with van der Waals surface area (Å²) in [5.41, 5.74) is 0. The zero-order chi connectivity index (χ0) is 10.8. The van der Waals surface area contributed by atoms with Crippen LogP contribution in [-0.2, 0) is 14.8 Å². The van der Waals surface area contributed by atoms with E-state index >= 15 is 0 Å². The molecule has 0 aliphatic carbocycles. The molecule has 0 bridgehead atoms. The summed E-state index contributed by atoms with van der Waals surface area (Å²) < 4.78 is 24.1. The first-order chi connectivity index (χ1) is 6.42. The van der Waals surface area contributed by atoms with Gasteiger partial charge in [-0.25, -0.2) is 8.42 Å². The standard InChI is InChI=1S/C7H14N2O4S/c1-6-4-9(3-2-8-6)14(12,13)5-7(10)11/h6,8H,2-5H2,1H3,(H,10,11)/t6-/m0/s1. The third kappa shape index (κ3) is 2.93. The van der Waals surface area contributed by atoms with Gasteiger partial charge in [0.25, 0.3) is 0 Å². The Morgan fingerprint density at radius 1 is 1.64 bits per heavy atom. The van der Waals surface area contributed by atoms with Crippen LogP contribution in [-0.4, -0.2) is 55.2 Å². The van der Waals surface area contributed by atoms with Gasteiger partial charge in [-0.05, 0) is 6.92 Å². The lowest BCUT2D eigenvalue weighted by Gasteiger charge is -2.30. The molecule has 0 aromatic rings. The molecule has 1 heterocycles. The Labute approximate surface area is 82.9 Å². The molecular weight excluding hydrogens is 208 g/mol. The molecular formula is C7H14N2O4S. The summed E-state index contributed by atoms with van der Waals surface area (Å²) in [5, 5.41) is 11.5. The van der Waals surface area contributed by atoms with Gasteiger partial charge in [-0.2, -0.15) is 4.31 Å². The van der Waals surface area contributed by atoms with Crippen LogP contribution in [0.3, 0.4) is 0 Å². The van der Waals surface area contributed by atoms with E-state index in [1.807, 2.05) is 6.92 Å². The second kappa shape index (κ2) is 4.24. The molecule has 82 valence electrons. The SMILES string of the molecule is C[C@H]1CN(S(=O)(=O)CC(=O)O)CCN1. The Morgan fingerprint density at radius 2 is 2.29 bits per heavy atom. The molecule has 7 heteroatoms. The first-order valence-electron chi connectivity index (χ1n) is 4.35. The number of sulfonamides is 1. The highest BCUT2D eigenvalue weighted by molar-refractivity contribution is 7.89. The van der Waals surface area contributed by atoms with Crippen molar-refractivity contribution in [3.63, 3.8) is 0 Å². The van der Waals surface area contributed by atoms with Crippen LogP contribution in [0.4, 0.5) is 0 Å². The first-order valence-corrected chi connectivity index (χ1v) is 5.96. The van der Waals surface area contributed by atoms with Crippen LogP contribution in [0.1, 0.15) is 6.92 Å². The van der Waals surface area contributed by atoms with E-state index in [1.165, 1.54) is 4.31 Å². The molecule has 1 saturated heterocycles. The highest BCUT2D eigenvalue weighted by Gasteiger charge is 2.28. The predicted octanol–water partition coefficient (Wildman–Crippen LogP) is -1.31. The second-order valence-corrected chi connectivity index (χ2v) is 5.33. The molecule has 1 aliphatic rings. The average Bonchev–Trinajstić information content (AvgIpc) is 2.01. The van der Waals surface area contributed by atoms with Gasteiger partial charge in [0.2, 0.25) is 10.0 Å².